The molecule has 0 saturated carbocycles. The van der Waals surface area contributed by atoms with Crippen LogP contribution in [-0.2, 0) is 15.6 Å². The average molecular weight is 280 g/mol. The Kier molecular flexibility index (Phi) is 6.27. The maximum Gasteiger partial charge on any atom is 0.303 e. The lowest BCUT2D eigenvalue weighted by molar-refractivity contribution is -0.136. The van der Waals surface area contributed by atoms with Crippen LogP contribution in [0.2, 0.25) is 0 Å². The van der Waals surface area contributed by atoms with Crippen molar-refractivity contribution in [2.75, 3.05) is 0 Å². The van der Waals surface area contributed by atoms with E-state index in [-0.39, 0.29) is 17.3 Å². The number of carboxylic acids is 1. The molecule has 0 amide bonds. The number of para-hydroxylation sites is 1. The topological polar surface area (TPSA) is 57.5 Å². The number of carbonyl (C=O) groups is 1. The van der Waals surface area contributed by atoms with Crippen molar-refractivity contribution < 1.29 is 15.0 Å². The molecule has 1 aromatic carbocycles. The smallest absolute Gasteiger partial charge is 0.303 e. The standard InChI is InChI=1S/C14H22O.C3H6O2/c1-13(2,3)10-8-7-9-11(12(10)15)14(4,5)6;1-2-3(4)5/h7-9,15H,1-6H3;2H2,1H3,(H,4,5). The van der Waals surface area contributed by atoms with E-state index >= 15 is 0 Å². The van der Waals surface area contributed by atoms with Crippen LogP contribution < -0.4 is 0 Å². The van der Waals surface area contributed by atoms with Crippen molar-refractivity contribution in [3.05, 3.63) is 29.3 Å². The van der Waals surface area contributed by atoms with Gasteiger partial charge in [0.15, 0.2) is 0 Å². The number of rotatable bonds is 1. The zero-order valence-electron chi connectivity index (χ0n) is 13.7. The molecule has 0 aromatic heterocycles. The molecule has 114 valence electrons. The van der Waals surface area contributed by atoms with E-state index in [0.29, 0.717) is 5.75 Å². The first-order valence-electron chi connectivity index (χ1n) is 6.96. The Balaban J connectivity index is 0.000000621. The molecule has 0 bridgehead atoms. The highest BCUT2D eigenvalue weighted by Gasteiger charge is 2.24. The molecular weight excluding hydrogens is 252 g/mol. The maximum atomic E-state index is 10.3. The van der Waals surface area contributed by atoms with E-state index in [1.807, 2.05) is 18.2 Å². The normalized spacial score (nSPS) is 11.6. The second-order valence-corrected chi connectivity index (χ2v) is 6.95. The van der Waals surface area contributed by atoms with Crippen LogP contribution in [0.25, 0.3) is 0 Å². The minimum atomic E-state index is -0.745. The van der Waals surface area contributed by atoms with Gasteiger partial charge in [0, 0.05) is 6.42 Å². The van der Waals surface area contributed by atoms with E-state index in [2.05, 4.69) is 41.5 Å². The first-order valence-corrected chi connectivity index (χ1v) is 6.96. The highest BCUT2D eigenvalue weighted by molar-refractivity contribution is 5.66. The summed E-state index contributed by atoms with van der Waals surface area (Å²) in [6.07, 6.45) is 0.222. The average Bonchev–Trinajstić information content (AvgIpc) is 2.26. The predicted molar refractivity (Wildman–Crippen MR) is 83.4 cm³/mol. The van der Waals surface area contributed by atoms with Crippen molar-refractivity contribution >= 4 is 5.97 Å². The summed E-state index contributed by atoms with van der Waals surface area (Å²) in [4.78, 5) is 9.37. The number of aliphatic carboxylic acids is 1. The lowest BCUT2D eigenvalue weighted by Crippen LogP contribution is -2.16. The molecule has 3 heteroatoms. The van der Waals surface area contributed by atoms with Gasteiger partial charge in [-0.1, -0.05) is 66.7 Å². The van der Waals surface area contributed by atoms with E-state index in [1.54, 1.807) is 6.92 Å². The summed E-state index contributed by atoms with van der Waals surface area (Å²) in [6.45, 7) is 14.3. The number of carboxylic acid groups (broad SMARTS) is 1. The highest BCUT2D eigenvalue weighted by Crippen LogP contribution is 2.38. The van der Waals surface area contributed by atoms with Crippen molar-refractivity contribution in [3.63, 3.8) is 0 Å². The summed E-state index contributed by atoms with van der Waals surface area (Å²) in [5.74, 6) is -0.289. The molecule has 0 aliphatic heterocycles. The Bertz CT molecular complexity index is 416. The third kappa shape index (κ3) is 5.64. The van der Waals surface area contributed by atoms with E-state index < -0.39 is 5.97 Å². The van der Waals surface area contributed by atoms with E-state index in [4.69, 9.17) is 5.11 Å². The molecular formula is C17H28O3. The highest BCUT2D eigenvalue weighted by atomic mass is 16.4. The predicted octanol–water partition coefficient (Wildman–Crippen LogP) is 4.47. The molecule has 20 heavy (non-hydrogen) atoms. The van der Waals surface area contributed by atoms with E-state index in [0.717, 1.165) is 11.1 Å². The molecule has 0 spiro atoms. The summed E-state index contributed by atoms with van der Waals surface area (Å²) >= 11 is 0. The van der Waals surface area contributed by atoms with Crippen LogP contribution in [0.3, 0.4) is 0 Å². The molecule has 0 saturated heterocycles. The van der Waals surface area contributed by atoms with Crippen LogP contribution >= 0.6 is 0 Å². The second-order valence-electron chi connectivity index (χ2n) is 6.95. The molecule has 1 rings (SSSR count). The van der Waals surface area contributed by atoms with Gasteiger partial charge in [0.2, 0.25) is 0 Å². The minimum absolute atomic E-state index is 0.00859. The number of phenols is 1. The van der Waals surface area contributed by atoms with Crippen LogP contribution in [0.4, 0.5) is 0 Å². The summed E-state index contributed by atoms with van der Waals surface area (Å²) in [5.41, 5.74) is 2.03. The first kappa shape index (κ1) is 18.5. The van der Waals surface area contributed by atoms with Gasteiger partial charge in [0.25, 0.3) is 0 Å². The van der Waals surface area contributed by atoms with Crippen molar-refractivity contribution in [3.8, 4) is 5.75 Å². The molecule has 0 aliphatic carbocycles. The van der Waals surface area contributed by atoms with Crippen LogP contribution in [0, 0.1) is 0 Å². The third-order valence-electron chi connectivity index (χ3n) is 2.95. The van der Waals surface area contributed by atoms with E-state index in [1.165, 1.54) is 0 Å². The number of hydrogen-bond acceptors (Lipinski definition) is 2. The lowest BCUT2D eigenvalue weighted by atomic mass is 9.80. The fourth-order valence-electron chi connectivity index (χ4n) is 1.75. The van der Waals surface area contributed by atoms with Crippen molar-refractivity contribution in [1.82, 2.24) is 0 Å². The largest absolute Gasteiger partial charge is 0.507 e. The van der Waals surface area contributed by atoms with Gasteiger partial charge < -0.3 is 10.2 Å². The molecule has 0 unspecified atom stereocenters. The van der Waals surface area contributed by atoms with Crippen molar-refractivity contribution in [2.45, 2.75) is 65.7 Å². The van der Waals surface area contributed by atoms with Gasteiger partial charge in [-0.15, -0.1) is 0 Å². The van der Waals surface area contributed by atoms with E-state index in [9.17, 15) is 9.90 Å². The molecule has 0 aliphatic rings. The third-order valence-corrected chi connectivity index (χ3v) is 2.95. The van der Waals surface area contributed by atoms with Gasteiger partial charge in [0.05, 0.1) is 0 Å². The fraction of sp³-hybridized carbons (Fsp3) is 0.588. The van der Waals surface area contributed by atoms with Crippen LogP contribution in [-0.4, -0.2) is 16.2 Å². The summed E-state index contributed by atoms with van der Waals surface area (Å²) in [6, 6.07) is 6.04. The fourth-order valence-corrected chi connectivity index (χ4v) is 1.75. The lowest BCUT2D eigenvalue weighted by Gasteiger charge is -2.26. The van der Waals surface area contributed by atoms with Crippen molar-refractivity contribution in [2.24, 2.45) is 0 Å². The maximum absolute atomic E-state index is 10.3. The Labute approximate surface area is 122 Å². The molecule has 1 aromatic rings. The molecule has 0 atom stereocenters. The number of aromatic hydroxyl groups is 1. The first-order chi connectivity index (χ1) is 8.91. The summed E-state index contributed by atoms with van der Waals surface area (Å²) in [7, 11) is 0. The molecule has 0 heterocycles. The van der Waals surface area contributed by atoms with Gasteiger partial charge in [-0.2, -0.15) is 0 Å². The second kappa shape index (κ2) is 6.78. The Hall–Kier alpha value is -1.51. The number of benzene rings is 1. The quantitative estimate of drug-likeness (QED) is 0.798. The SMILES string of the molecule is CC(C)(C)c1cccc(C(C)(C)C)c1O.CCC(=O)O. The zero-order valence-corrected chi connectivity index (χ0v) is 13.7. The van der Waals surface area contributed by atoms with Gasteiger partial charge in [-0.25, -0.2) is 0 Å². The molecule has 0 fully saturated rings. The van der Waals surface area contributed by atoms with Gasteiger partial charge >= 0.3 is 5.97 Å². The van der Waals surface area contributed by atoms with Crippen molar-refractivity contribution in [1.29, 1.82) is 0 Å². The van der Waals surface area contributed by atoms with Gasteiger partial charge in [-0.05, 0) is 22.0 Å². The Morgan fingerprint density at radius 3 is 1.50 bits per heavy atom. The Morgan fingerprint density at radius 2 is 1.30 bits per heavy atom. The number of phenolic OH excluding ortho intramolecular Hbond substituents is 1. The monoisotopic (exact) mass is 280 g/mol. The summed E-state index contributed by atoms with van der Waals surface area (Å²) in [5, 5.41) is 18.0. The van der Waals surface area contributed by atoms with Crippen LogP contribution in [0.1, 0.15) is 66.0 Å². The van der Waals surface area contributed by atoms with Gasteiger partial charge in [-0.3, -0.25) is 4.79 Å². The van der Waals surface area contributed by atoms with Crippen LogP contribution in [0.5, 0.6) is 5.75 Å². The van der Waals surface area contributed by atoms with Gasteiger partial charge in [0.1, 0.15) is 5.75 Å². The Morgan fingerprint density at radius 1 is 1.00 bits per heavy atom. The van der Waals surface area contributed by atoms with Crippen LogP contribution in [0.15, 0.2) is 18.2 Å². The summed E-state index contributed by atoms with van der Waals surface area (Å²) < 4.78 is 0. The zero-order chi connectivity index (χ0) is 16.1. The molecule has 3 nitrogen and oxygen atoms in total. The number of hydrogen-bond donors (Lipinski definition) is 2. The minimum Gasteiger partial charge on any atom is -0.507 e. The molecule has 2 N–H and O–H groups in total. The molecule has 0 radical (unpaired) electrons.